The Kier molecular flexibility index (Phi) is 4.50. The molecule has 5 nitrogen and oxygen atoms in total. The molecular formula is C18H13IN4OS. The SMILES string of the molecule is O=C(Cn1c(-c2cscn2)nc2ccccc21)Nc1cccc(I)c1. The number of rotatable bonds is 4. The molecule has 1 N–H and O–H groups in total. The summed E-state index contributed by atoms with van der Waals surface area (Å²) in [6.45, 7) is 0.179. The maximum atomic E-state index is 12.6. The van der Waals surface area contributed by atoms with Crippen molar-refractivity contribution in [1.29, 1.82) is 0 Å². The monoisotopic (exact) mass is 460 g/mol. The summed E-state index contributed by atoms with van der Waals surface area (Å²) in [6, 6.07) is 15.5. The molecule has 0 atom stereocenters. The van der Waals surface area contributed by atoms with Gasteiger partial charge in [0.15, 0.2) is 5.82 Å². The summed E-state index contributed by atoms with van der Waals surface area (Å²) in [7, 11) is 0. The zero-order valence-corrected chi connectivity index (χ0v) is 16.0. The van der Waals surface area contributed by atoms with Crippen LogP contribution in [0.1, 0.15) is 0 Å². The minimum Gasteiger partial charge on any atom is -0.325 e. The Morgan fingerprint density at radius 1 is 1.20 bits per heavy atom. The molecule has 4 rings (SSSR count). The summed E-state index contributed by atoms with van der Waals surface area (Å²) < 4.78 is 2.99. The molecule has 0 aliphatic rings. The summed E-state index contributed by atoms with van der Waals surface area (Å²) in [6.07, 6.45) is 0. The second kappa shape index (κ2) is 6.93. The smallest absolute Gasteiger partial charge is 0.244 e. The fraction of sp³-hybridized carbons (Fsp3) is 0.0556. The van der Waals surface area contributed by atoms with Crippen LogP contribution in [0, 0.1) is 3.57 Å². The van der Waals surface area contributed by atoms with Crippen molar-refractivity contribution in [3.63, 3.8) is 0 Å². The van der Waals surface area contributed by atoms with Crippen molar-refractivity contribution in [3.8, 4) is 11.5 Å². The van der Waals surface area contributed by atoms with E-state index in [1.54, 1.807) is 5.51 Å². The van der Waals surface area contributed by atoms with E-state index in [2.05, 4.69) is 37.9 Å². The first-order valence-corrected chi connectivity index (χ1v) is 9.62. The van der Waals surface area contributed by atoms with Crippen LogP contribution in [0.5, 0.6) is 0 Å². The first-order valence-electron chi connectivity index (χ1n) is 7.60. The molecule has 0 fully saturated rings. The van der Waals surface area contributed by atoms with E-state index >= 15 is 0 Å². The number of nitrogens with zero attached hydrogens (tertiary/aromatic N) is 3. The molecule has 25 heavy (non-hydrogen) atoms. The van der Waals surface area contributed by atoms with Crippen molar-refractivity contribution in [2.45, 2.75) is 6.54 Å². The fourth-order valence-electron chi connectivity index (χ4n) is 2.66. The van der Waals surface area contributed by atoms with Gasteiger partial charge in [-0.3, -0.25) is 4.79 Å². The van der Waals surface area contributed by atoms with E-state index in [1.807, 2.05) is 58.5 Å². The lowest BCUT2D eigenvalue weighted by molar-refractivity contribution is -0.116. The number of thiazole rings is 1. The van der Waals surface area contributed by atoms with Crippen molar-refractivity contribution in [1.82, 2.24) is 14.5 Å². The molecule has 0 spiro atoms. The van der Waals surface area contributed by atoms with Crippen LogP contribution in [0.2, 0.25) is 0 Å². The second-order valence-electron chi connectivity index (χ2n) is 5.44. The summed E-state index contributed by atoms with van der Waals surface area (Å²) in [5.74, 6) is 0.613. The average Bonchev–Trinajstić information content (AvgIpc) is 3.23. The van der Waals surface area contributed by atoms with E-state index in [1.165, 1.54) is 11.3 Å². The molecule has 4 aromatic rings. The number of imidazole rings is 1. The van der Waals surface area contributed by atoms with Crippen LogP contribution in [0.15, 0.2) is 59.4 Å². The number of anilines is 1. The van der Waals surface area contributed by atoms with E-state index < -0.39 is 0 Å². The third-order valence-electron chi connectivity index (χ3n) is 3.73. The highest BCUT2D eigenvalue weighted by molar-refractivity contribution is 14.1. The van der Waals surface area contributed by atoms with Crippen LogP contribution in [0.4, 0.5) is 5.69 Å². The number of para-hydroxylation sites is 2. The van der Waals surface area contributed by atoms with Gasteiger partial charge in [0.05, 0.1) is 16.5 Å². The van der Waals surface area contributed by atoms with Crippen LogP contribution >= 0.6 is 33.9 Å². The van der Waals surface area contributed by atoms with E-state index in [4.69, 9.17) is 0 Å². The molecule has 1 amide bonds. The Balaban J connectivity index is 1.68. The first-order chi connectivity index (χ1) is 12.2. The Morgan fingerprint density at radius 2 is 2.08 bits per heavy atom. The standard InChI is InChI=1S/C18H13IN4OS/c19-12-4-3-5-13(8-12)21-17(24)9-23-16-7-2-1-6-14(16)22-18(23)15-10-25-11-20-15/h1-8,10-11H,9H2,(H,21,24). The van der Waals surface area contributed by atoms with E-state index in [9.17, 15) is 4.79 Å². The van der Waals surface area contributed by atoms with E-state index in [0.717, 1.165) is 26.0 Å². The fourth-order valence-corrected chi connectivity index (χ4v) is 3.74. The maximum absolute atomic E-state index is 12.6. The van der Waals surface area contributed by atoms with E-state index in [-0.39, 0.29) is 12.5 Å². The van der Waals surface area contributed by atoms with Gasteiger partial charge in [0.1, 0.15) is 12.2 Å². The highest BCUT2D eigenvalue weighted by atomic mass is 127. The van der Waals surface area contributed by atoms with Crippen LogP contribution in [-0.2, 0) is 11.3 Å². The van der Waals surface area contributed by atoms with Gasteiger partial charge in [-0.1, -0.05) is 18.2 Å². The summed E-state index contributed by atoms with van der Waals surface area (Å²) in [4.78, 5) is 21.6. The van der Waals surface area contributed by atoms with Gasteiger partial charge in [0, 0.05) is 14.6 Å². The molecule has 0 bridgehead atoms. The summed E-state index contributed by atoms with van der Waals surface area (Å²) in [5, 5.41) is 4.89. The third kappa shape index (κ3) is 3.42. The number of benzene rings is 2. The van der Waals surface area contributed by atoms with Crippen molar-refractivity contribution in [2.24, 2.45) is 0 Å². The van der Waals surface area contributed by atoms with Crippen molar-refractivity contribution >= 4 is 56.6 Å². The largest absolute Gasteiger partial charge is 0.325 e. The van der Waals surface area contributed by atoms with Gasteiger partial charge >= 0.3 is 0 Å². The predicted molar refractivity (Wildman–Crippen MR) is 109 cm³/mol. The molecule has 7 heteroatoms. The van der Waals surface area contributed by atoms with Crippen LogP contribution < -0.4 is 5.32 Å². The number of nitrogens with one attached hydrogen (secondary N) is 1. The molecule has 0 saturated carbocycles. The lowest BCUT2D eigenvalue weighted by atomic mass is 10.3. The topological polar surface area (TPSA) is 59.8 Å². The molecule has 2 aromatic heterocycles. The molecule has 0 aliphatic carbocycles. The molecule has 0 radical (unpaired) electrons. The van der Waals surface area contributed by atoms with Gasteiger partial charge in [0.2, 0.25) is 5.91 Å². The second-order valence-corrected chi connectivity index (χ2v) is 7.41. The Bertz CT molecular complexity index is 1040. The molecule has 124 valence electrons. The minimum atomic E-state index is -0.0957. The van der Waals surface area contributed by atoms with Gasteiger partial charge in [-0.2, -0.15) is 0 Å². The molecule has 0 saturated heterocycles. The van der Waals surface area contributed by atoms with Gasteiger partial charge in [-0.25, -0.2) is 9.97 Å². The van der Waals surface area contributed by atoms with Gasteiger partial charge in [0.25, 0.3) is 0 Å². The van der Waals surface area contributed by atoms with Crippen LogP contribution in [-0.4, -0.2) is 20.4 Å². The first kappa shape index (κ1) is 16.2. The number of amides is 1. The number of hydrogen-bond donors (Lipinski definition) is 1. The third-order valence-corrected chi connectivity index (χ3v) is 4.98. The summed E-state index contributed by atoms with van der Waals surface area (Å²) >= 11 is 3.74. The molecule has 2 aromatic carbocycles. The molecule has 0 unspecified atom stereocenters. The Hall–Kier alpha value is -2.26. The van der Waals surface area contributed by atoms with E-state index in [0.29, 0.717) is 5.82 Å². The quantitative estimate of drug-likeness (QED) is 0.460. The number of hydrogen-bond acceptors (Lipinski definition) is 4. The number of carbonyl (C=O) groups is 1. The van der Waals surface area contributed by atoms with Gasteiger partial charge < -0.3 is 9.88 Å². The number of carbonyl (C=O) groups excluding carboxylic acids is 1. The van der Waals surface area contributed by atoms with Crippen LogP contribution in [0.25, 0.3) is 22.6 Å². The highest BCUT2D eigenvalue weighted by Crippen LogP contribution is 2.24. The van der Waals surface area contributed by atoms with Crippen LogP contribution in [0.3, 0.4) is 0 Å². The zero-order chi connectivity index (χ0) is 17.2. The van der Waals surface area contributed by atoms with Gasteiger partial charge in [-0.05, 0) is 52.9 Å². The Morgan fingerprint density at radius 3 is 2.88 bits per heavy atom. The molecular weight excluding hydrogens is 447 g/mol. The zero-order valence-electron chi connectivity index (χ0n) is 13.0. The Labute approximate surface area is 161 Å². The molecule has 0 aliphatic heterocycles. The summed E-state index contributed by atoms with van der Waals surface area (Å²) in [5.41, 5.74) is 5.11. The lowest BCUT2D eigenvalue weighted by Gasteiger charge is -2.09. The van der Waals surface area contributed by atoms with Crippen molar-refractivity contribution < 1.29 is 4.79 Å². The van der Waals surface area contributed by atoms with Gasteiger partial charge in [-0.15, -0.1) is 11.3 Å². The van der Waals surface area contributed by atoms with Crippen molar-refractivity contribution in [2.75, 3.05) is 5.32 Å². The maximum Gasteiger partial charge on any atom is 0.244 e. The number of halogens is 1. The lowest BCUT2D eigenvalue weighted by Crippen LogP contribution is -2.19. The minimum absolute atomic E-state index is 0.0957. The molecule has 2 heterocycles. The van der Waals surface area contributed by atoms with Crippen molar-refractivity contribution in [3.05, 3.63) is 63.0 Å². The average molecular weight is 460 g/mol. The number of fused-ring (bicyclic) bond motifs is 1. The normalized spacial score (nSPS) is 10.9. The predicted octanol–water partition coefficient (Wildman–Crippen LogP) is 4.40. The number of aromatic nitrogens is 3. The highest BCUT2D eigenvalue weighted by Gasteiger charge is 2.16.